The van der Waals surface area contributed by atoms with Crippen molar-refractivity contribution in [3.63, 3.8) is 0 Å². The molecule has 1 aromatic carbocycles. The fourth-order valence-electron chi connectivity index (χ4n) is 2.08. The Balaban J connectivity index is 1.85. The van der Waals surface area contributed by atoms with Crippen molar-refractivity contribution in [3.8, 4) is 0 Å². The van der Waals surface area contributed by atoms with Crippen LogP contribution < -0.4 is 5.32 Å². The SMILES string of the molecule is CS(=O)(=O)N(CC(=O)NCCc1ccc(Cl)cc1)Cc1ccco1. The number of sulfonamides is 1. The largest absolute Gasteiger partial charge is 0.468 e. The van der Waals surface area contributed by atoms with E-state index in [1.807, 2.05) is 12.1 Å². The van der Waals surface area contributed by atoms with Crippen LogP contribution in [0.4, 0.5) is 0 Å². The van der Waals surface area contributed by atoms with Gasteiger partial charge in [0, 0.05) is 11.6 Å². The van der Waals surface area contributed by atoms with Crippen LogP contribution in [0.1, 0.15) is 11.3 Å². The van der Waals surface area contributed by atoms with Crippen LogP contribution in [0.15, 0.2) is 47.1 Å². The highest BCUT2D eigenvalue weighted by molar-refractivity contribution is 7.88. The molecule has 0 unspecified atom stereocenters. The van der Waals surface area contributed by atoms with Crippen LogP contribution in [0.2, 0.25) is 5.02 Å². The Morgan fingerprint density at radius 3 is 2.54 bits per heavy atom. The summed E-state index contributed by atoms with van der Waals surface area (Å²) >= 11 is 5.81. The molecule has 0 aliphatic carbocycles. The molecule has 0 aliphatic heterocycles. The van der Waals surface area contributed by atoms with Gasteiger partial charge in [-0.15, -0.1) is 0 Å². The van der Waals surface area contributed by atoms with Gasteiger partial charge in [-0.3, -0.25) is 4.79 Å². The third kappa shape index (κ3) is 5.99. The third-order valence-electron chi connectivity index (χ3n) is 3.35. The lowest BCUT2D eigenvalue weighted by atomic mass is 10.1. The van der Waals surface area contributed by atoms with Gasteiger partial charge >= 0.3 is 0 Å². The summed E-state index contributed by atoms with van der Waals surface area (Å²) in [7, 11) is -3.52. The maximum atomic E-state index is 12.0. The van der Waals surface area contributed by atoms with E-state index in [4.69, 9.17) is 16.0 Å². The van der Waals surface area contributed by atoms with Gasteiger partial charge in [-0.2, -0.15) is 4.31 Å². The average Bonchev–Trinajstić information content (AvgIpc) is 3.01. The Morgan fingerprint density at radius 1 is 1.25 bits per heavy atom. The number of nitrogens with zero attached hydrogens (tertiary/aromatic N) is 1. The smallest absolute Gasteiger partial charge is 0.235 e. The Kier molecular flexibility index (Phi) is 6.42. The molecular weight excluding hydrogens is 352 g/mol. The summed E-state index contributed by atoms with van der Waals surface area (Å²) in [5.41, 5.74) is 1.04. The van der Waals surface area contributed by atoms with Crippen molar-refractivity contribution in [1.82, 2.24) is 9.62 Å². The molecule has 0 bridgehead atoms. The molecule has 24 heavy (non-hydrogen) atoms. The first kappa shape index (κ1) is 18.5. The number of furan rings is 1. The van der Waals surface area contributed by atoms with Gasteiger partial charge in [0.25, 0.3) is 0 Å². The first-order valence-corrected chi connectivity index (χ1v) is 9.56. The predicted molar refractivity (Wildman–Crippen MR) is 92.1 cm³/mol. The van der Waals surface area contributed by atoms with Gasteiger partial charge in [-0.25, -0.2) is 8.42 Å². The van der Waals surface area contributed by atoms with E-state index in [-0.39, 0.29) is 19.0 Å². The molecule has 0 radical (unpaired) electrons. The van der Waals surface area contributed by atoms with Crippen LogP contribution in [0.25, 0.3) is 0 Å². The highest BCUT2D eigenvalue weighted by Gasteiger charge is 2.21. The lowest BCUT2D eigenvalue weighted by Gasteiger charge is -2.18. The maximum absolute atomic E-state index is 12.0. The first-order valence-electron chi connectivity index (χ1n) is 7.33. The van der Waals surface area contributed by atoms with Crippen LogP contribution in [0.5, 0.6) is 0 Å². The van der Waals surface area contributed by atoms with Gasteiger partial charge in [-0.1, -0.05) is 23.7 Å². The summed E-state index contributed by atoms with van der Waals surface area (Å²) in [6.45, 7) is 0.190. The van der Waals surface area contributed by atoms with Crippen molar-refractivity contribution in [2.24, 2.45) is 0 Å². The van der Waals surface area contributed by atoms with Gasteiger partial charge in [0.05, 0.1) is 25.6 Å². The molecule has 2 aromatic rings. The number of nitrogens with one attached hydrogen (secondary N) is 1. The normalized spacial score (nSPS) is 11.6. The molecule has 6 nitrogen and oxygen atoms in total. The molecule has 8 heteroatoms. The quantitative estimate of drug-likeness (QED) is 0.771. The van der Waals surface area contributed by atoms with Crippen LogP contribution >= 0.6 is 11.6 Å². The van der Waals surface area contributed by atoms with E-state index in [2.05, 4.69) is 5.32 Å². The topological polar surface area (TPSA) is 79.6 Å². The van der Waals surface area contributed by atoms with Crippen molar-refractivity contribution >= 4 is 27.5 Å². The van der Waals surface area contributed by atoms with Crippen LogP contribution in [0.3, 0.4) is 0 Å². The number of halogens is 1. The standard InChI is InChI=1S/C16H19ClN2O4S/c1-24(21,22)19(11-15-3-2-10-23-15)12-16(20)18-9-8-13-4-6-14(17)7-5-13/h2-7,10H,8-9,11-12H2,1H3,(H,18,20). The van der Waals surface area contributed by atoms with Crippen LogP contribution in [0, 0.1) is 0 Å². The van der Waals surface area contributed by atoms with E-state index < -0.39 is 10.0 Å². The van der Waals surface area contributed by atoms with E-state index in [0.717, 1.165) is 16.1 Å². The average molecular weight is 371 g/mol. The van der Waals surface area contributed by atoms with Gasteiger partial charge in [-0.05, 0) is 36.2 Å². The zero-order valence-corrected chi connectivity index (χ0v) is 14.8. The van der Waals surface area contributed by atoms with Gasteiger partial charge in [0.1, 0.15) is 5.76 Å². The maximum Gasteiger partial charge on any atom is 0.235 e. The molecule has 0 saturated carbocycles. The third-order valence-corrected chi connectivity index (χ3v) is 4.80. The fraction of sp³-hybridized carbons (Fsp3) is 0.312. The van der Waals surface area contributed by atoms with Crippen molar-refractivity contribution in [2.75, 3.05) is 19.3 Å². The Bertz CT molecular complexity index is 758. The zero-order valence-electron chi connectivity index (χ0n) is 13.2. The number of carbonyl (C=O) groups excluding carboxylic acids is 1. The Hall–Kier alpha value is -1.83. The Morgan fingerprint density at radius 2 is 1.96 bits per heavy atom. The second-order valence-electron chi connectivity index (χ2n) is 5.34. The molecular formula is C16H19ClN2O4S. The molecule has 0 fully saturated rings. The Labute approximate surface area is 146 Å². The number of rotatable bonds is 8. The van der Waals surface area contributed by atoms with Gasteiger partial charge in [0.15, 0.2) is 0 Å². The molecule has 0 saturated heterocycles. The summed E-state index contributed by atoms with van der Waals surface area (Å²) < 4.78 is 29.8. The van der Waals surface area contributed by atoms with E-state index in [1.165, 1.54) is 6.26 Å². The van der Waals surface area contributed by atoms with Crippen molar-refractivity contribution in [3.05, 3.63) is 59.0 Å². The van der Waals surface area contributed by atoms with Gasteiger partial charge in [0.2, 0.25) is 15.9 Å². The van der Waals surface area contributed by atoms with E-state index in [1.54, 1.807) is 24.3 Å². The second kappa shape index (κ2) is 8.32. The highest BCUT2D eigenvalue weighted by Crippen LogP contribution is 2.10. The fourth-order valence-corrected chi connectivity index (χ4v) is 2.92. The molecule has 1 heterocycles. The van der Waals surface area contributed by atoms with Crippen molar-refractivity contribution in [2.45, 2.75) is 13.0 Å². The van der Waals surface area contributed by atoms with Crippen molar-refractivity contribution < 1.29 is 17.6 Å². The zero-order chi connectivity index (χ0) is 17.6. The lowest BCUT2D eigenvalue weighted by Crippen LogP contribution is -2.40. The van der Waals surface area contributed by atoms with Crippen molar-refractivity contribution in [1.29, 1.82) is 0 Å². The summed E-state index contributed by atoms with van der Waals surface area (Å²) in [4.78, 5) is 12.0. The number of benzene rings is 1. The number of carbonyl (C=O) groups is 1. The number of hydrogen-bond acceptors (Lipinski definition) is 4. The first-order chi connectivity index (χ1) is 11.3. The molecule has 1 amide bonds. The lowest BCUT2D eigenvalue weighted by molar-refractivity contribution is -0.121. The molecule has 0 aliphatic rings. The molecule has 1 N–H and O–H groups in total. The van der Waals surface area contributed by atoms with E-state index in [9.17, 15) is 13.2 Å². The minimum Gasteiger partial charge on any atom is -0.468 e. The van der Waals surface area contributed by atoms with E-state index in [0.29, 0.717) is 23.7 Å². The molecule has 0 spiro atoms. The highest BCUT2D eigenvalue weighted by atomic mass is 35.5. The summed E-state index contributed by atoms with van der Waals surface area (Å²) in [6.07, 6.45) is 3.17. The minimum absolute atomic E-state index is 0.0242. The molecule has 0 atom stereocenters. The molecule has 1 aromatic heterocycles. The molecule has 2 rings (SSSR count). The second-order valence-corrected chi connectivity index (χ2v) is 7.76. The van der Waals surface area contributed by atoms with Gasteiger partial charge < -0.3 is 9.73 Å². The van der Waals surface area contributed by atoms with Crippen LogP contribution in [-0.2, 0) is 27.8 Å². The monoisotopic (exact) mass is 370 g/mol. The number of hydrogen-bond donors (Lipinski definition) is 1. The summed E-state index contributed by atoms with van der Waals surface area (Å²) in [5, 5.41) is 3.38. The number of amides is 1. The minimum atomic E-state index is -3.52. The van der Waals surface area contributed by atoms with Crippen LogP contribution in [-0.4, -0.2) is 38.0 Å². The summed E-state index contributed by atoms with van der Waals surface area (Å²) in [5.74, 6) is 0.121. The van der Waals surface area contributed by atoms with E-state index >= 15 is 0 Å². The molecule has 130 valence electrons. The predicted octanol–water partition coefficient (Wildman–Crippen LogP) is 2.05. The summed E-state index contributed by atoms with van der Waals surface area (Å²) in [6, 6.07) is 10.7.